The third-order valence-corrected chi connectivity index (χ3v) is 5.10. The van der Waals surface area contributed by atoms with Gasteiger partial charge in [-0.25, -0.2) is 4.39 Å². The highest BCUT2D eigenvalue weighted by atomic mass is 19.1. The minimum atomic E-state index is -0.178. The van der Waals surface area contributed by atoms with Crippen molar-refractivity contribution in [2.24, 2.45) is 0 Å². The standard InChI is InChI=1S/C20H22FNO/c21-20-8-4-7-18(14-5-2-1-3-6-14)19(20)13-23-17-11-15-9-10-16(12-17)22-15/h1-8,15-17,22H,9-13H2. The molecule has 2 unspecified atom stereocenters. The van der Waals surface area contributed by atoms with E-state index in [0.29, 0.717) is 24.3 Å². The maximum atomic E-state index is 14.4. The molecule has 2 aliphatic rings. The zero-order valence-corrected chi connectivity index (χ0v) is 13.2. The second-order valence-electron chi connectivity index (χ2n) is 6.67. The highest BCUT2D eigenvalue weighted by molar-refractivity contribution is 5.67. The van der Waals surface area contributed by atoms with E-state index in [0.717, 1.165) is 24.0 Å². The lowest BCUT2D eigenvalue weighted by Crippen LogP contribution is -2.41. The largest absolute Gasteiger partial charge is 0.373 e. The van der Waals surface area contributed by atoms with E-state index >= 15 is 0 Å². The number of piperidine rings is 1. The van der Waals surface area contributed by atoms with Gasteiger partial charge in [0.1, 0.15) is 5.82 Å². The Kier molecular flexibility index (Phi) is 4.15. The molecular formula is C20H22FNO. The van der Waals surface area contributed by atoms with Crippen molar-refractivity contribution in [3.05, 3.63) is 59.9 Å². The Bertz CT molecular complexity index is 661. The number of halogens is 1. The monoisotopic (exact) mass is 311 g/mol. The summed E-state index contributed by atoms with van der Waals surface area (Å²) in [6.07, 6.45) is 4.84. The quantitative estimate of drug-likeness (QED) is 0.909. The van der Waals surface area contributed by atoms with Gasteiger partial charge in [0.2, 0.25) is 0 Å². The summed E-state index contributed by atoms with van der Waals surface area (Å²) in [6, 6.07) is 16.4. The predicted octanol–water partition coefficient (Wildman–Crippen LogP) is 4.29. The first kappa shape index (κ1) is 14.9. The van der Waals surface area contributed by atoms with E-state index in [-0.39, 0.29) is 11.9 Å². The Hall–Kier alpha value is -1.71. The van der Waals surface area contributed by atoms with Crippen molar-refractivity contribution in [3.63, 3.8) is 0 Å². The molecule has 2 heterocycles. The molecule has 2 saturated heterocycles. The average molecular weight is 311 g/mol. The number of fused-ring (bicyclic) bond motifs is 2. The van der Waals surface area contributed by atoms with Gasteiger partial charge in [0, 0.05) is 17.6 Å². The lowest BCUT2D eigenvalue weighted by molar-refractivity contribution is 0.00821. The van der Waals surface area contributed by atoms with Crippen LogP contribution in [0.5, 0.6) is 0 Å². The Morgan fingerprint density at radius 1 is 0.957 bits per heavy atom. The van der Waals surface area contributed by atoms with Crippen molar-refractivity contribution in [3.8, 4) is 11.1 Å². The van der Waals surface area contributed by atoms with Gasteiger partial charge in [-0.15, -0.1) is 0 Å². The number of nitrogens with one attached hydrogen (secondary N) is 1. The van der Waals surface area contributed by atoms with Crippen LogP contribution < -0.4 is 5.32 Å². The van der Waals surface area contributed by atoms with Gasteiger partial charge in [-0.3, -0.25) is 0 Å². The van der Waals surface area contributed by atoms with Crippen LogP contribution in [0.2, 0.25) is 0 Å². The minimum Gasteiger partial charge on any atom is -0.373 e. The predicted molar refractivity (Wildman–Crippen MR) is 89.6 cm³/mol. The van der Waals surface area contributed by atoms with Gasteiger partial charge < -0.3 is 10.1 Å². The molecule has 0 spiro atoms. The molecule has 2 atom stereocenters. The fourth-order valence-electron chi connectivity index (χ4n) is 3.94. The van der Waals surface area contributed by atoms with Crippen molar-refractivity contribution in [2.45, 2.75) is 50.5 Å². The Balaban J connectivity index is 1.52. The molecule has 2 bridgehead atoms. The summed E-state index contributed by atoms with van der Waals surface area (Å²) in [5.41, 5.74) is 2.64. The third kappa shape index (κ3) is 3.17. The first-order valence-electron chi connectivity index (χ1n) is 8.50. The van der Waals surface area contributed by atoms with Gasteiger partial charge in [-0.05, 0) is 42.9 Å². The van der Waals surface area contributed by atoms with Crippen LogP contribution in [-0.4, -0.2) is 18.2 Å². The van der Waals surface area contributed by atoms with Crippen molar-refractivity contribution >= 4 is 0 Å². The summed E-state index contributed by atoms with van der Waals surface area (Å²) >= 11 is 0. The van der Waals surface area contributed by atoms with Gasteiger partial charge in [0.25, 0.3) is 0 Å². The second kappa shape index (κ2) is 6.42. The van der Waals surface area contributed by atoms with Gasteiger partial charge in [-0.1, -0.05) is 42.5 Å². The van der Waals surface area contributed by atoms with E-state index in [4.69, 9.17) is 4.74 Å². The molecule has 0 aromatic heterocycles. The summed E-state index contributed by atoms with van der Waals surface area (Å²) in [6.45, 7) is 0.348. The molecule has 2 aliphatic heterocycles. The molecule has 0 saturated carbocycles. The van der Waals surface area contributed by atoms with Crippen molar-refractivity contribution in [2.75, 3.05) is 0 Å². The number of hydrogen-bond donors (Lipinski definition) is 1. The second-order valence-corrected chi connectivity index (χ2v) is 6.67. The van der Waals surface area contributed by atoms with Crippen LogP contribution in [0.25, 0.3) is 11.1 Å². The van der Waals surface area contributed by atoms with Crippen LogP contribution in [0.15, 0.2) is 48.5 Å². The fourth-order valence-corrected chi connectivity index (χ4v) is 3.94. The van der Waals surface area contributed by atoms with Gasteiger partial charge >= 0.3 is 0 Å². The zero-order valence-electron chi connectivity index (χ0n) is 13.2. The van der Waals surface area contributed by atoms with Gasteiger partial charge in [0.15, 0.2) is 0 Å². The Labute approximate surface area is 136 Å². The molecule has 4 rings (SSSR count). The molecule has 0 radical (unpaired) electrons. The third-order valence-electron chi connectivity index (χ3n) is 5.10. The molecule has 2 aromatic rings. The molecule has 2 nitrogen and oxygen atoms in total. The van der Waals surface area contributed by atoms with Crippen LogP contribution >= 0.6 is 0 Å². The van der Waals surface area contributed by atoms with E-state index in [9.17, 15) is 4.39 Å². The highest BCUT2D eigenvalue weighted by Gasteiger charge is 2.34. The zero-order chi connectivity index (χ0) is 15.6. The molecule has 0 aliphatic carbocycles. The summed E-state index contributed by atoms with van der Waals surface area (Å²) in [4.78, 5) is 0. The molecule has 0 amide bonds. The topological polar surface area (TPSA) is 21.3 Å². The lowest BCUT2D eigenvalue weighted by atomic mass is 9.99. The van der Waals surface area contributed by atoms with E-state index in [1.54, 1.807) is 6.07 Å². The van der Waals surface area contributed by atoms with E-state index in [1.807, 2.05) is 36.4 Å². The lowest BCUT2D eigenvalue weighted by Gasteiger charge is -2.29. The van der Waals surface area contributed by atoms with E-state index < -0.39 is 0 Å². The first-order chi connectivity index (χ1) is 11.3. The normalized spacial score (nSPS) is 26.4. The molecule has 2 fully saturated rings. The summed E-state index contributed by atoms with van der Waals surface area (Å²) < 4.78 is 20.5. The molecule has 23 heavy (non-hydrogen) atoms. The molecule has 3 heteroatoms. The van der Waals surface area contributed by atoms with Crippen LogP contribution in [0.4, 0.5) is 4.39 Å². The van der Waals surface area contributed by atoms with Crippen LogP contribution in [0.1, 0.15) is 31.2 Å². The van der Waals surface area contributed by atoms with E-state index in [1.165, 1.54) is 18.9 Å². The first-order valence-corrected chi connectivity index (χ1v) is 8.50. The summed E-state index contributed by atoms with van der Waals surface area (Å²) in [5, 5.41) is 3.61. The molecule has 120 valence electrons. The van der Waals surface area contributed by atoms with Crippen molar-refractivity contribution in [1.29, 1.82) is 0 Å². The van der Waals surface area contributed by atoms with E-state index in [2.05, 4.69) is 5.32 Å². The van der Waals surface area contributed by atoms with Crippen molar-refractivity contribution in [1.82, 2.24) is 5.32 Å². The fraction of sp³-hybridized carbons (Fsp3) is 0.400. The molecule has 1 N–H and O–H groups in total. The maximum Gasteiger partial charge on any atom is 0.129 e. The number of ether oxygens (including phenoxy) is 1. The average Bonchev–Trinajstić information content (AvgIpc) is 2.93. The number of benzene rings is 2. The molecular weight excluding hydrogens is 289 g/mol. The maximum absolute atomic E-state index is 14.4. The van der Waals surface area contributed by atoms with Gasteiger partial charge in [0.05, 0.1) is 12.7 Å². The minimum absolute atomic E-state index is 0.178. The SMILES string of the molecule is Fc1cccc(-c2ccccc2)c1COC1CC2CCC(C1)N2. The highest BCUT2D eigenvalue weighted by Crippen LogP contribution is 2.31. The van der Waals surface area contributed by atoms with Crippen LogP contribution in [0, 0.1) is 5.82 Å². The Morgan fingerprint density at radius 3 is 2.43 bits per heavy atom. The van der Waals surface area contributed by atoms with Gasteiger partial charge in [-0.2, -0.15) is 0 Å². The Morgan fingerprint density at radius 2 is 1.70 bits per heavy atom. The number of rotatable bonds is 4. The van der Waals surface area contributed by atoms with Crippen LogP contribution in [0.3, 0.4) is 0 Å². The van der Waals surface area contributed by atoms with Crippen LogP contribution in [-0.2, 0) is 11.3 Å². The summed E-state index contributed by atoms with van der Waals surface area (Å²) in [7, 11) is 0. The summed E-state index contributed by atoms with van der Waals surface area (Å²) in [5.74, 6) is -0.178. The molecule has 2 aromatic carbocycles. The smallest absolute Gasteiger partial charge is 0.129 e. The number of hydrogen-bond acceptors (Lipinski definition) is 2. The van der Waals surface area contributed by atoms with Crippen molar-refractivity contribution < 1.29 is 9.13 Å².